The van der Waals surface area contributed by atoms with Gasteiger partial charge in [-0.15, -0.1) is 0 Å². The summed E-state index contributed by atoms with van der Waals surface area (Å²) in [5.41, 5.74) is 0.247. The minimum Gasteiger partial charge on any atom is -0.380 e. The zero-order valence-electron chi connectivity index (χ0n) is 17.1. The molecule has 31 heavy (non-hydrogen) atoms. The number of piperazine rings is 1. The van der Waals surface area contributed by atoms with Gasteiger partial charge in [-0.2, -0.15) is 13.2 Å². The van der Waals surface area contributed by atoms with E-state index in [4.69, 9.17) is 4.74 Å². The lowest BCUT2D eigenvalue weighted by atomic mass is 10.1. The van der Waals surface area contributed by atoms with Crippen LogP contribution in [0.1, 0.15) is 21.5 Å². The average Bonchev–Trinajstić information content (AvgIpc) is 2.74. The van der Waals surface area contributed by atoms with Gasteiger partial charge in [-0.3, -0.25) is 14.5 Å². The third-order valence-corrected chi connectivity index (χ3v) is 5.08. The molecule has 3 rings (SSSR count). The number of methoxy groups -OCH3 is 1. The highest BCUT2D eigenvalue weighted by Crippen LogP contribution is 2.34. The molecule has 1 aliphatic heterocycles. The van der Waals surface area contributed by atoms with Gasteiger partial charge in [-0.05, 0) is 23.8 Å². The van der Waals surface area contributed by atoms with Gasteiger partial charge in [-0.25, -0.2) is 0 Å². The first kappa shape index (κ1) is 22.8. The molecule has 0 atom stereocenters. The van der Waals surface area contributed by atoms with Crippen molar-refractivity contribution in [2.45, 2.75) is 12.8 Å². The summed E-state index contributed by atoms with van der Waals surface area (Å²) in [6.07, 6.45) is -4.55. The van der Waals surface area contributed by atoms with Crippen LogP contribution in [0.15, 0.2) is 48.5 Å². The SMILES string of the molecule is COCc1ccccc1C(=O)N1CCN(CC(=O)Nc2ccccc2C(F)(F)F)CC1. The molecule has 0 aliphatic carbocycles. The Hall–Kier alpha value is -2.91. The summed E-state index contributed by atoms with van der Waals surface area (Å²) >= 11 is 0. The second-order valence-corrected chi connectivity index (χ2v) is 7.25. The van der Waals surface area contributed by atoms with E-state index in [9.17, 15) is 22.8 Å². The first-order chi connectivity index (χ1) is 14.8. The number of rotatable bonds is 6. The van der Waals surface area contributed by atoms with Gasteiger partial charge in [0.05, 0.1) is 24.4 Å². The van der Waals surface area contributed by atoms with E-state index in [0.29, 0.717) is 38.3 Å². The summed E-state index contributed by atoms with van der Waals surface area (Å²) in [6, 6.07) is 12.1. The lowest BCUT2D eigenvalue weighted by molar-refractivity contribution is -0.137. The minimum atomic E-state index is -4.55. The molecule has 1 N–H and O–H groups in total. The highest BCUT2D eigenvalue weighted by Gasteiger charge is 2.33. The summed E-state index contributed by atoms with van der Waals surface area (Å²) in [7, 11) is 1.57. The lowest BCUT2D eigenvalue weighted by Gasteiger charge is -2.34. The van der Waals surface area contributed by atoms with E-state index in [1.807, 2.05) is 17.0 Å². The van der Waals surface area contributed by atoms with Crippen molar-refractivity contribution in [3.05, 3.63) is 65.2 Å². The van der Waals surface area contributed by atoms with E-state index in [1.165, 1.54) is 18.2 Å². The van der Waals surface area contributed by atoms with Crippen LogP contribution in [0.3, 0.4) is 0 Å². The largest absolute Gasteiger partial charge is 0.418 e. The molecule has 9 heteroatoms. The number of nitrogens with one attached hydrogen (secondary N) is 1. The van der Waals surface area contributed by atoms with Crippen LogP contribution in [0.4, 0.5) is 18.9 Å². The van der Waals surface area contributed by atoms with Crippen LogP contribution in [-0.2, 0) is 22.3 Å². The maximum atomic E-state index is 13.1. The first-order valence-corrected chi connectivity index (χ1v) is 9.84. The number of para-hydroxylation sites is 1. The summed E-state index contributed by atoms with van der Waals surface area (Å²) < 4.78 is 44.4. The zero-order valence-corrected chi connectivity index (χ0v) is 17.1. The number of benzene rings is 2. The molecule has 1 heterocycles. The van der Waals surface area contributed by atoms with Gasteiger partial charge in [0, 0.05) is 38.9 Å². The summed E-state index contributed by atoms with van der Waals surface area (Å²) in [5, 5.41) is 2.35. The molecular formula is C22H24F3N3O3. The lowest BCUT2D eigenvalue weighted by Crippen LogP contribution is -2.50. The monoisotopic (exact) mass is 435 g/mol. The summed E-state index contributed by atoms with van der Waals surface area (Å²) in [6.45, 7) is 2.04. The standard InChI is InChI=1S/C22H24F3N3O3/c1-31-15-16-6-2-3-7-17(16)21(30)28-12-10-27(11-13-28)14-20(29)26-19-9-5-4-8-18(19)22(23,24)25/h2-9H,10-15H2,1H3,(H,26,29). The van der Waals surface area contributed by atoms with E-state index in [1.54, 1.807) is 24.1 Å². The molecule has 0 bridgehead atoms. The molecule has 2 aromatic rings. The maximum Gasteiger partial charge on any atom is 0.418 e. The molecule has 0 unspecified atom stereocenters. The Kier molecular flexibility index (Phi) is 7.29. The van der Waals surface area contributed by atoms with E-state index < -0.39 is 17.6 Å². The molecule has 1 saturated heterocycles. The normalized spacial score (nSPS) is 15.0. The molecule has 1 aliphatic rings. The van der Waals surface area contributed by atoms with Gasteiger partial charge in [0.25, 0.3) is 5.91 Å². The third kappa shape index (κ3) is 5.83. The van der Waals surface area contributed by atoms with E-state index in [0.717, 1.165) is 11.6 Å². The van der Waals surface area contributed by atoms with Crippen LogP contribution in [0.5, 0.6) is 0 Å². The molecule has 0 saturated carbocycles. The Morgan fingerprint density at radius 3 is 2.32 bits per heavy atom. The van der Waals surface area contributed by atoms with E-state index in [2.05, 4.69) is 5.32 Å². The Labute approximate surface area is 178 Å². The molecule has 166 valence electrons. The molecule has 2 aromatic carbocycles. The number of amides is 2. The summed E-state index contributed by atoms with van der Waals surface area (Å²) in [5.74, 6) is -0.627. The molecule has 2 amide bonds. The topological polar surface area (TPSA) is 61.9 Å². The van der Waals surface area contributed by atoms with Crippen molar-refractivity contribution in [2.24, 2.45) is 0 Å². The number of halogens is 3. The number of alkyl halides is 3. The molecule has 0 spiro atoms. The highest BCUT2D eigenvalue weighted by atomic mass is 19.4. The van der Waals surface area contributed by atoms with Crippen molar-refractivity contribution in [3.63, 3.8) is 0 Å². The van der Waals surface area contributed by atoms with Crippen LogP contribution in [-0.4, -0.2) is 61.4 Å². The number of hydrogen-bond donors (Lipinski definition) is 1. The van der Waals surface area contributed by atoms with Gasteiger partial charge in [-0.1, -0.05) is 30.3 Å². The number of ether oxygens (including phenoxy) is 1. The maximum absolute atomic E-state index is 13.1. The van der Waals surface area contributed by atoms with Crippen molar-refractivity contribution in [1.82, 2.24) is 9.80 Å². The van der Waals surface area contributed by atoms with Gasteiger partial charge in [0.1, 0.15) is 0 Å². The van der Waals surface area contributed by atoms with Crippen molar-refractivity contribution in [1.29, 1.82) is 0 Å². The Bertz CT molecular complexity index is 925. The van der Waals surface area contributed by atoms with Crippen LogP contribution in [0, 0.1) is 0 Å². The Morgan fingerprint density at radius 2 is 1.65 bits per heavy atom. The van der Waals surface area contributed by atoms with Crippen LogP contribution < -0.4 is 5.32 Å². The molecular weight excluding hydrogens is 411 g/mol. The molecule has 6 nitrogen and oxygen atoms in total. The number of carbonyl (C=O) groups is 2. The van der Waals surface area contributed by atoms with Crippen molar-refractivity contribution in [2.75, 3.05) is 45.2 Å². The molecule has 1 fully saturated rings. The number of nitrogens with zero attached hydrogens (tertiary/aromatic N) is 2. The van der Waals surface area contributed by atoms with Crippen LogP contribution >= 0.6 is 0 Å². The van der Waals surface area contributed by atoms with Gasteiger partial charge in [0.15, 0.2) is 0 Å². The van der Waals surface area contributed by atoms with E-state index >= 15 is 0 Å². The predicted molar refractivity (Wildman–Crippen MR) is 110 cm³/mol. The van der Waals surface area contributed by atoms with Crippen molar-refractivity contribution >= 4 is 17.5 Å². The highest BCUT2D eigenvalue weighted by molar-refractivity contribution is 5.96. The Balaban J connectivity index is 1.55. The number of carbonyl (C=O) groups excluding carboxylic acids is 2. The predicted octanol–water partition coefficient (Wildman–Crippen LogP) is 3.25. The Morgan fingerprint density at radius 1 is 1.00 bits per heavy atom. The van der Waals surface area contributed by atoms with E-state index in [-0.39, 0.29) is 18.1 Å². The average molecular weight is 435 g/mol. The first-order valence-electron chi connectivity index (χ1n) is 9.84. The van der Waals surface area contributed by atoms with Crippen molar-refractivity contribution in [3.8, 4) is 0 Å². The van der Waals surface area contributed by atoms with Gasteiger partial charge < -0.3 is 15.0 Å². The number of anilines is 1. The fraction of sp³-hybridized carbons (Fsp3) is 0.364. The zero-order chi connectivity index (χ0) is 22.4. The van der Waals surface area contributed by atoms with Crippen LogP contribution in [0.2, 0.25) is 0 Å². The van der Waals surface area contributed by atoms with Crippen molar-refractivity contribution < 1.29 is 27.5 Å². The number of hydrogen-bond acceptors (Lipinski definition) is 4. The quantitative estimate of drug-likeness (QED) is 0.757. The van der Waals surface area contributed by atoms with Gasteiger partial charge >= 0.3 is 6.18 Å². The van der Waals surface area contributed by atoms with Crippen LogP contribution in [0.25, 0.3) is 0 Å². The third-order valence-electron chi connectivity index (χ3n) is 5.08. The molecule has 0 radical (unpaired) electrons. The second kappa shape index (κ2) is 9.93. The second-order valence-electron chi connectivity index (χ2n) is 7.25. The summed E-state index contributed by atoms with van der Waals surface area (Å²) in [4.78, 5) is 28.7. The minimum absolute atomic E-state index is 0.0471. The smallest absolute Gasteiger partial charge is 0.380 e. The van der Waals surface area contributed by atoms with Gasteiger partial charge in [0.2, 0.25) is 5.91 Å². The fourth-order valence-corrected chi connectivity index (χ4v) is 3.52. The fourth-order valence-electron chi connectivity index (χ4n) is 3.52. The molecule has 0 aromatic heterocycles.